The van der Waals surface area contributed by atoms with Gasteiger partial charge in [0.15, 0.2) is 0 Å². The highest BCUT2D eigenvalue weighted by Crippen LogP contribution is 2.24. The maximum absolute atomic E-state index is 5.84. The Labute approximate surface area is 128 Å². The molecule has 0 bridgehead atoms. The quantitative estimate of drug-likeness (QED) is 0.810. The van der Waals surface area contributed by atoms with Crippen LogP contribution in [0, 0.1) is 0 Å². The second-order valence-electron chi connectivity index (χ2n) is 5.15. The first kappa shape index (κ1) is 13.9. The minimum Gasteiger partial charge on any atom is -0.389 e. The molecule has 110 valence electrons. The molecular weight excluding hydrogens is 284 g/mol. The predicted octanol–water partition coefficient (Wildman–Crippen LogP) is 1.30. The van der Waals surface area contributed by atoms with Crippen molar-refractivity contribution >= 4 is 23.0 Å². The molecule has 0 atom stereocenters. The van der Waals surface area contributed by atoms with Crippen molar-refractivity contribution in [1.82, 2.24) is 20.0 Å². The molecule has 1 aliphatic rings. The van der Waals surface area contributed by atoms with Crippen molar-refractivity contribution in [2.24, 2.45) is 5.73 Å². The summed E-state index contributed by atoms with van der Waals surface area (Å²) in [6.45, 7) is 1.42. The number of hydrogen-bond acceptors (Lipinski definition) is 5. The molecule has 0 aromatic carbocycles. The summed E-state index contributed by atoms with van der Waals surface area (Å²) >= 11 is 5.15. The van der Waals surface area contributed by atoms with Gasteiger partial charge < -0.3 is 11.1 Å². The summed E-state index contributed by atoms with van der Waals surface area (Å²) in [7, 11) is 0. The molecule has 0 spiro atoms. The number of anilines is 1. The number of rotatable bonds is 5. The summed E-state index contributed by atoms with van der Waals surface area (Å²) in [4.78, 5) is 5.12. The van der Waals surface area contributed by atoms with E-state index in [2.05, 4.69) is 21.7 Å². The molecule has 21 heavy (non-hydrogen) atoms. The lowest BCUT2D eigenvalue weighted by Crippen LogP contribution is -2.20. The largest absolute Gasteiger partial charge is 0.389 e. The van der Waals surface area contributed by atoms with E-state index in [0.29, 0.717) is 11.5 Å². The van der Waals surface area contributed by atoms with Gasteiger partial charge in [0.05, 0.1) is 18.3 Å². The summed E-state index contributed by atoms with van der Waals surface area (Å²) < 4.78 is 1.77. The minimum absolute atomic E-state index is 0.388. The van der Waals surface area contributed by atoms with Crippen LogP contribution >= 0.6 is 12.2 Å². The standard InChI is InChI=1S/C14H18N6S/c15-13(21)11-9-10-3-1-2-4-12(10)18-14(11)16-5-7-20-8-6-17-19-20/h6,8-9H,1-5,7H2,(H2,15,21)(H,16,18). The highest BCUT2D eigenvalue weighted by Gasteiger charge is 2.16. The van der Waals surface area contributed by atoms with Gasteiger partial charge in [0.25, 0.3) is 0 Å². The molecule has 0 saturated heterocycles. The normalized spacial score (nSPS) is 13.7. The van der Waals surface area contributed by atoms with E-state index in [1.165, 1.54) is 24.1 Å². The van der Waals surface area contributed by atoms with Crippen LogP contribution in [0.4, 0.5) is 5.82 Å². The fraction of sp³-hybridized carbons (Fsp3) is 0.429. The molecule has 7 heteroatoms. The van der Waals surface area contributed by atoms with Crippen LogP contribution in [0.25, 0.3) is 0 Å². The zero-order valence-corrected chi connectivity index (χ0v) is 12.6. The summed E-state index contributed by atoms with van der Waals surface area (Å²) in [5.74, 6) is 0.781. The van der Waals surface area contributed by atoms with Gasteiger partial charge in [-0.2, -0.15) is 0 Å². The van der Waals surface area contributed by atoms with Gasteiger partial charge in [-0.15, -0.1) is 5.10 Å². The Bertz CT molecular complexity index is 637. The van der Waals surface area contributed by atoms with Crippen LogP contribution in [0.1, 0.15) is 29.7 Å². The Balaban J connectivity index is 1.77. The summed E-state index contributed by atoms with van der Waals surface area (Å²) in [5, 5.41) is 11.0. The first-order chi connectivity index (χ1) is 10.2. The third-order valence-electron chi connectivity index (χ3n) is 3.67. The van der Waals surface area contributed by atoms with Crippen LogP contribution in [-0.2, 0) is 19.4 Å². The molecule has 0 unspecified atom stereocenters. The third-order valence-corrected chi connectivity index (χ3v) is 3.89. The number of nitrogens with one attached hydrogen (secondary N) is 1. The van der Waals surface area contributed by atoms with E-state index in [4.69, 9.17) is 22.9 Å². The predicted molar refractivity (Wildman–Crippen MR) is 85.3 cm³/mol. The fourth-order valence-corrected chi connectivity index (χ4v) is 2.75. The Morgan fingerprint density at radius 1 is 1.38 bits per heavy atom. The number of thiocarbonyl (C=S) groups is 1. The van der Waals surface area contributed by atoms with E-state index >= 15 is 0 Å². The number of pyridine rings is 1. The van der Waals surface area contributed by atoms with Crippen LogP contribution in [0.15, 0.2) is 18.5 Å². The smallest absolute Gasteiger partial charge is 0.136 e. The maximum Gasteiger partial charge on any atom is 0.136 e. The van der Waals surface area contributed by atoms with E-state index in [0.717, 1.165) is 30.8 Å². The molecule has 0 fully saturated rings. The average molecular weight is 302 g/mol. The zero-order chi connectivity index (χ0) is 14.7. The van der Waals surface area contributed by atoms with E-state index in [1.54, 1.807) is 10.9 Å². The monoisotopic (exact) mass is 302 g/mol. The van der Waals surface area contributed by atoms with Crippen LogP contribution in [0.2, 0.25) is 0 Å². The van der Waals surface area contributed by atoms with Crippen LogP contribution in [-0.4, -0.2) is 31.5 Å². The number of nitrogens with zero attached hydrogens (tertiary/aromatic N) is 4. The van der Waals surface area contributed by atoms with Gasteiger partial charge in [0.2, 0.25) is 0 Å². The number of aromatic nitrogens is 4. The Morgan fingerprint density at radius 3 is 3.00 bits per heavy atom. The highest BCUT2D eigenvalue weighted by molar-refractivity contribution is 7.80. The van der Waals surface area contributed by atoms with Crippen molar-refractivity contribution in [3.63, 3.8) is 0 Å². The fourth-order valence-electron chi connectivity index (χ4n) is 2.60. The molecule has 3 rings (SSSR count). The van der Waals surface area contributed by atoms with Gasteiger partial charge in [0, 0.05) is 18.4 Å². The first-order valence-corrected chi connectivity index (χ1v) is 7.55. The van der Waals surface area contributed by atoms with E-state index < -0.39 is 0 Å². The second-order valence-corrected chi connectivity index (χ2v) is 5.59. The summed E-state index contributed by atoms with van der Waals surface area (Å²) in [5.41, 5.74) is 9.13. The molecule has 2 aromatic heterocycles. The Hall–Kier alpha value is -2.02. The number of fused-ring (bicyclic) bond motifs is 1. The topological polar surface area (TPSA) is 81.6 Å². The molecule has 0 saturated carbocycles. The lowest BCUT2D eigenvalue weighted by molar-refractivity contribution is 0.607. The van der Waals surface area contributed by atoms with Gasteiger partial charge in [0.1, 0.15) is 10.8 Å². The van der Waals surface area contributed by atoms with E-state index in [1.807, 2.05) is 6.20 Å². The first-order valence-electron chi connectivity index (χ1n) is 7.14. The van der Waals surface area contributed by atoms with Crippen molar-refractivity contribution in [3.8, 4) is 0 Å². The minimum atomic E-state index is 0.388. The molecule has 2 aromatic rings. The van der Waals surface area contributed by atoms with Gasteiger partial charge in [-0.25, -0.2) is 4.98 Å². The molecule has 3 N–H and O–H groups in total. The highest BCUT2D eigenvalue weighted by atomic mass is 32.1. The van der Waals surface area contributed by atoms with Gasteiger partial charge in [-0.1, -0.05) is 17.4 Å². The number of nitrogens with two attached hydrogens (primary N) is 1. The maximum atomic E-state index is 5.84. The molecule has 0 aliphatic heterocycles. The van der Waals surface area contributed by atoms with Crippen molar-refractivity contribution < 1.29 is 0 Å². The summed E-state index contributed by atoms with van der Waals surface area (Å²) in [6.07, 6.45) is 8.01. The third kappa shape index (κ3) is 3.18. The number of hydrogen-bond donors (Lipinski definition) is 2. The van der Waals surface area contributed by atoms with E-state index in [-0.39, 0.29) is 0 Å². The number of aryl methyl sites for hydroxylation is 2. The lowest BCUT2D eigenvalue weighted by Gasteiger charge is -2.19. The van der Waals surface area contributed by atoms with Crippen molar-refractivity contribution in [2.75, 3.05) is 11.9 Å². The lowest BCUT2D eigenvalue weighted by atomic mass is 9.94. The average Bonchev–Trinajstić information content (AvgIpc) is 2.99. The zero-order valence-electron chi connectivity index (χ0n) is 11.7. The SMILES string of the molecule is NC(=S)c1cc2c(nc1NCCn1ccnn1)CCCC2. The molecule has 2 heterocycles. The Morgan fingerprint density at radius 2 is 2.24 bits per heavy atom. The van der Waals surface area contributed by atoms with Gasteiger partial charge >= 0.3 is 0 Å². The van der Waals surface area contributed by atoms with Crippen molar-refractivity contribution in [2.45, 2.75) is 32.2 Å². The molecular formula is C14H18N6S. The van der Waals surface area contributed by atoms with Gasteiger partial charge in [-0.05, 0) is 37.3 Å². The molecule has 0 radical (unpaired) electrons. The van der Waals surface area contributed by atoms with Crippen LogP contribution in [0.3, 0.4) is 0 Å². The van der Waals surface area contributed by atoms with Crippen molar-refractivity contribution in [1.29, 1.82) is 0 Å². The van der Waals surface area contributed by atoms with Gasteiger partial charge in [-0.3, -0.25) is 4.68 Å². The van der Waals surface area contributed by atoms with Crippen molar-refractivity contribution in [3.05, 3.63) is 35.3 Å². The van der Waals surface area contributed by atoms with Crippen LogP contribution < -0.4 is 11.1 Å². The summed E-state index contributed by atoms with van der Waals surface area (Å²) in [6, 6.07) is 2.10. The second kappa shape index (κ2) is 6.17. The molecule has 1 aliphatic carbocycles. The van der Waals surface area contributed by atoms with E-state index in [9.17, 15) is 0 Å². The molecule has 6 nitrogen and oxygen atoms in total. The van der Waals surface area contributed by atoms with Crippen LogP contribution in [0.5, 0.6) is 0 Å². The molecule has 0 amide bonds. The Kier molecular flexibility index (Phi) is 4.10.